The Morgan fingerprint density at radius 3 is 2.71 bits per heavy atom. The van der Waals surface area contributed by atoms with Gasteiger partial charge in [-0.1, -0.05) is 6.07 Å². The quantitative estimate of drug-likeness (QED) is 0.653. The monoisotopic (exact) mass is 352 g/mol. The number of hydrogen-bond acceptors (Lipinski definition) is 7. The first kappa shape index (κ1) is 17.8. The fourth-order valence-electron chi connectivity index (χ4n) is 2.08. The van der Waals surface area contributed by atoms with Crippen molar-refractivity contribution in [1.82, 2.24) is 5.32 Å². The molecule has 1 aliphatic rings. The molecule has 128 valence electrons. The van der Waals surface area contributed by atoms with Gasteiger partial charge in [-0.25, -0.2) is 4.79 Å². The van der Waals surface area contributed by atoms with Crippen LogP contribution in [0.25, 0.3) is 6.08 Å². The number of rotatable bonds is 6. The third kappa shape index (κ3) is 3.69. The maximum atomic E-state index is 12.0. The number of aliphatic hydroxyl groups excluding tert-OH is 1. The fraction of sp³-hybridized carbons (Fsp3) is 0.267. The van der Waals surface area contributed by atoms with Crippen molar-refractivity contribution in [2.75, 3.05) is 27.4 Å². The number of benzene rings is 1. The van der Waals surface area contributed by atoms with Crippen LogP contribution in [0.3, 0.4) is 0 Å². The third-order valence-corrected chi connectivity index (χ3v) is 4.03. The van der Waals surface area contributed by atoms with Crippen molar-refractivity contribution >= 4 is 34.9 Å². The molecule has 0 bridgehead atoms. The van der Waals surface area contributed by atoms with E-state index < -0.39 is 5.97 Å². The summed E-state index contributed by atoms with van der Waals surface area (Å²) in [5.74, 6) is -1.22. The van der Waals surface area contributed by atoms with Gasteiger partial charge in [0.25, 0.3) is 5.91 Å². The number of hydrogen-bond donors (Lipinski definition) is 3. The maximum Gasteiger partial charge on any atom is 0.340 e. The highest BCUT2D eigenvalue weighted by Gasteiger charge is 2.26. The van der Waals surface area contributed by atoms with Crippen LogP contribution in [0.5, 0.6) is 11.5 Å². The molecule has 1 aromatic carbocycles. The number of ether oxygens (including phenoxy) is 2. The van der Waals surface area contributed by atoms with Gasteiger partial charge in [-0.3, -0.25) is 9.79 Å². The molecule has 1 heterocycles. The Kier molecular flexibility index (Phi) is 5.83. The van der Waals surface area contributed by atoms with E-state index in [-0.39, 0.29) is 36.1 Å². The molecule has 3 N–H and O–H groups in total. The Balaban J connectivity index is 2.46. The molecular formula is C15H16N2O6S. The molecule has 9 heteroatoms. The zero-order valence-corrected chi connectivity index (χ0v) is 13.8. The second-order valence-electron chi connectivity index (χ2n) is 4.55. The van der Waals surface area contributed by atoms with Crippen LogP contribution in [0, 0.1) is 0 Å². The molecule has 24 heavy (non-hydrogen) atoms. The molecule has 0 aromatic heterocycles. The first-order valence-electron chi connectivity index (χ1n) is 6.86. The van der Waals surface area contributed by atoms with Gasteiger partial charge in [0.15, 0.2) is 16.7 Å². The number of methoxy groups -OCH3 is 2. The number of carbonyl (C=O) groups excluding carboxylic acids is 1. The van der Waals surface area contributed by atoms with Gasteiger partial charge in [0.05, 0.1) is 32.3 Å². The Hall–Kier alpha value is -2.52. The fourth-order valence-corrected chi connectivity index (χ4v) is 2.91. The average Bonchev–Trinajstić information content (AvgIpc) is 2.91. The zero-order valence-electron chi connectivity index (χ0n) is 13.0. The molecule has 0 spiro atoms. The second-order valence-corrected chi connectivity index (χ2v) is 5.58. The highest BCUT2D eigenvalue weighted by molar-refractivity contribution is 8.18. The lowest BCUT2D eigenvalue weighted by atomic mass is 10.0. The first-order chi connectivity index (χ1) is 11.5. The number of carbonyl (C=O) groups is 2. The number of aliphatic imine (C=N–C) groups is 1. The molecule has 1 fully saturated rings. The molecule has 0 saturated carbocycles. The standard InChI is InChI=1S/C15H16N2O6S/c1-22-9-4-3-8(11(14(20)21)12(9)23-2)7-10-13(19)17-15(24-10)16-5-6-18/h3-4,7,18H,5-6H2,1-2H3,(H,20,21)(H,16,17,19)/b10-7-. The van der Waals surface area contributed by atoms with E-state index in [2.05, 4.69) is 10.3 Å². The maximum absolute atomic E-state index is 12.0. The van der Waals surface area contributed by atoms with Crippen molar-refractivity contribution in [1.29, 1.82) is 0 Å². The molecule has 8 nitrogen and oxygen atoms in total. The van der Waals surface area contributed by atoms with Crippen molar-refractivity contribution in [3.63, 3.8) is 0 Å². The Bertz CT molecular complexity index is 729. The molecular weight excluding hydrogens is 336 g/mol. The number of carboxylic acids is 1. The average molecular weight is 352 g/mol. The van der Waals surface area contributed by atoms with Crippen LogP contribution in [0.4, 0.5) is 0 Å². The van der Waals surface area contributed by atoms with Crippen molar-refractivity contribution in [3.8, 4) is 11.5 Å². The van der Waals surface area contributed by atoms with Gasteiger partial charge < -0.3 is 25.0 Å². The SMILES string of the molecule is COc1ccc(/C=C2\SC(=NCCO)NC2=O)c(C(=O)O)c1OC. The summed E-state index contributed by atoms with van der Waals surface area (Å²) >= 11 is 1.07. The molecule has 2 rings (SSSR count). The van der Waals surface area contributed by atoms with Crippen LogP contribution < -0.4 is 14.8 Å². The lowest BCUT2D eigenvalue weighted by Crippen LogP contribution is -2.20. The number of amidine groups is 1. The summed E-state index contributed by atoms with van der Waals surface area (Å²) in [7, 11) is 2.75. The molecule has 1 aromatic rings. The van der Waals surface area contributed by atoms with Crippen LogP contribution in [-0.2, 0) is 4.79 Å². The smallest absolute Gasteiger partial charge is 0.340 e. The van der Waals surface area contributed by atoms with Crippen molar-refractivity contribution in [3.05, 3.63) is 28.2 Å². The minimum absolute atomic E-state index is 0.0805. The van der Waals surface area contributed by atoms with E-state index >= 15 is 0 Å². The lowest BCUT2D eigenvalue weighted by molar-refractivity contribution is -0.115. The highest BCUT2D eigenvalue weighted by Crippen LogP contribution is 2.36. The number of thioether (sulfide) groups is 1. The van der Waals surface area contributed by atoms with E-state index in [4.69, 9.17) is 14.6 Å². The summed E-state index contributed by atoms with van der Waals surface area (Å²) in [5, 5.41) is 21.2. The van der Waals surface area contributed by atoms with Crippen molar-refractivity contribution in [2.45, 2.75) is 0 Å². The summed E-state index contributed by atoms with van der Waals surface area (Å²) < 4.78 is 10.2. The number of carboxylic acid groups (broad SMARTS) is 1. The molecule has 0 unspecified atom stereocenters. The van der Waals surface area contributed by atoms with Crippen LogP contribution in [0.15, 0.2) is 22.0 Å². The minimum Gasteiger partial charge on any atom is -0.493 e. The topological polar surface area (TPSA) is 117 Å². The van der Waals surface area contributed by atoms with Crippen LogP contribution in [-0.4, -0.2) is 54.6 Å². The third-order valence-electron chi connectivity index (χ3n) is 3.08. The summed E-state index contributed by atoms with van der Waals surface area (Å²) in [6, 6.07) is 3.10. The van der Waals surface area contributed by atoms with Gasteiger partial charge in [0.1, 0.15) is 5.56 Å². The highest BCUT2D eigenvalue weighted by atomic mass is 32.2. The van der Waals surface area contributed by atoms with Gasteiger partial charge in [-0.05, 0) is 29.5 Å². The van der Waals surface area contributed by atoms with E-state index in [1.807, 2.05) is 0 Å². The molecule has 0 atom stereocenters. The zero-order chi connectivity index (χ0) is 17.7. The number of aliphatic hydroxyl groups is 1. The van der Waals surface area contributed by atoms with Gasteiger partial charge in [-0.15, -0.1) is 0 Å². The Labute approximate surface area is 142 Å². The minimum atomic E-state index is -1.20. The van der Waals surface area contributed by atoms with E-state index in [1.54, 1.807) is 6.07 Å². The van der Waals surface area contributed by atoms with Crippen LogP contribution in [0.1, 0.15) is 15.9 Å². The van der Waals surface area contributed by atoms with Gasteiger partial charge in [0.2, 0.25) is 0 Å². The summed E-state index contributed by atoms with van der Waals surface area (Å²) in [5.41, 5.74) is 0.208. The van der Waals surface area contributed by atoms with E-state index in [0.29, 0.717) is 15.6 Å². The molecule has 0 aliphatic carbocycles. The van der Waals surface area contributed by atoms with Crippen molar-refractivity contribution < 1.29 is 29.3 Å². The number of nitrogens with zero attached hydrogens (tertiary/aromatic N) is 1. The summed E-state index contributed by atoms with van der Waals surface area (Å²) in [6.45, 7) is 0.0461. The molecule has 1 amide bonds. The summed E-state index contributed by atoms with van der Waals surface area (Å²) in [6.07, 6.45) is 1.45. The predicted octanol–water partition coefficient (Wildman–Crippen LogP) is 0.954. The Morgan fingerprint density at radius 2 is 2.12 bits per heavy atom. The predicted molar refractivity (Wildman–Crippen MR) is 89.6 cm³/mol. The van der Waals surface area contributed by atoms with Crippen LogP contribution in [0.2, 0.25) is 0 Å². The normalized spacial score (nSPS) is 17.2. The van der Waals surface area contributed by atoms with Crippen molar-refractivity contribution in [2.24, 2.45) is 4.99 Å². The Morgan fingerprint density at radius 1 is 1.38 bits per heavy atom. The van der Waals surface area contributed by atoms with Gasteiger partial charge in [0, 0.05) is 0 Å². The summed E-state index contributed by atoms with van der Waals surface area (Å²) in [4.78, 5) is 27.9. The number of aromatic carboxylic acids is 1. The molecule has 1 saturated heterocycles. The van der Waals surface area contributed by atoms with Crippen LogP contribution >= 0.6 is 11.8 Å². The van der Waals surface area contributed by atoms with E-state index in [1.165, 1.54) is 26.4 Å². The van der Waals surface area contributed by atoms with E-state index in [9.17, 15) is 14.7 Å². The largest absolute Gasteiger partial charge is 0.493 e. The molecule has 0 radical (unpaired) electrons. The first-order valence-corrected chi connectivity index (χ1v) is 7.68. The van der Waals surface area contributed by atoms with E-state index in [0.717, 1.165) is 11.8 Å². The van der Waals surface area contributed by atoms with Gasteiger partial charge >= 0.3 is 5.97 Å². The number of nitrogens with one attached hydrogen (secondary N) is 1. The second kappa shape index (κ2) is 7.84. The number of amides is 1. The lowest BCUT2D eigenvalue weighted by Gasteiger charge is -2.12. The van der Waals surface area contributed by atoms with Gasteiger partial charge in [-0.2, -0.15) is 0 Å². The molecule has 1 aliphatic heterocycles.